The summed E-state index contributed by atoms with van der Waals surface area (Å²) in [6.45, 7) is 10.8. The van der Waals surface area contributed by atoms with E-state index in [2.05, 4.69) is 4.39 Å². The van der Waals surface area contributed by atoms with E-state index >= 15 is 0 Å². The first-order valence-corrected chi connectivity index (χ1v) is 22.1. The van der Waals surface area contributed by atoms with Gasteiger partial charge in [-0.3, -0.25) is 0 Å². The molecule has 0 radical (unpaired) electrons. The van der Waals surface area contributed by atoms with Crippen LogP contribution in [0.3, 0.4) is 0 Å². The molecule has 1 aliphatic heterocycles. The molecule has 3 aromatic carbocycles. The van der Waals surface area contributed by atoms with Crippen LogP contribution in [0.2, 0.25) is 5.04 Å². The number of benzene rings is 3. The molecule has 2 heterocycles. The van der Waals surface area contributed by atoms with Crippen LogP contribution in [0.5, 0.6) is 0 Å². The minimum atomic E-state index is -4.32. The molecule has 0 fully saturated rings. The average molecular weight is 755 g/mol. The van der Waals surface area contributed by atoms with Crippen molar-refractivity contribution < 1.29 is 35.9 Å². The Morgan fingerprint density at radius 2 is 1.46 bits per heavy atom. The molecule has 1 amide bonds. The summed E-state index contributed by atoms with van der Waals surface area (Å²) in [5, 5.41) is 0.232. The number of carbonyl (C=O) groups is 2. The lowest BCUT2D eigenvalue weighted by atomic mass is 10.0. The van der Waals surface area contributed by atoms with E-state index in [0.29, 0.717) is 11.3 Å². The van der Waals surface area contributed by atoms with E-state index in [0.717, 1.165) is 10.4 Å². The fourth-order valence-electron chi connectivity index (χ4n) is 6.43. The highest BCUT2D eigenvalue weighted by Crippen LogP contribution is 2.46. The molecule has 1 N–H and O–H groups in total. The number of nitrogens with zero attached hydrogens (tertiary/aromatic N) is 1. The van der Waals surface area contributed by atoms with Crippen LogP contribution in [0.25, 0.3) is 0 Å². The van der Waals surface area contributed by atoms with E-state index in [-0.39, 0.29) is 32.5 Å². The van der Waals surface area contributed by atoms with Gasteiger partial charge in [0.2, 0.25) is 24.5 Å². The number of fused-ring (bicyclic) bond motifs is 1. The molecule has 0 saturated heterocycles. The first-order valence-electron chi connectivity index (χ1n) is 16.3. The van der Waals surface area contributed by atoms with Crippen molar-refractivity contribution in [3.8, 4) is 0 Å². The number of esters is 1. The standard InChI is InChI=1S/C36H42N2O8S3Si/c1-7-38(35(40)46-26(3)45-33(39)27-17-11-8-12-18-27)31-23-25(2)48(41,42)34-30(31)24-32(47-34)49(43,44)37-50(36(4,5)6,28-19-13-9-14-20-28)29-21-15-10-16-22-29/h8-22,24-26,31,37H,7,23H2,1-6H3/t25-,26?,31-/m0/s1. The van der Waals surface area contributed by atoms with Gasteiger partial charge >= 0.3 is 12.1 Å². The van der Waals surface area contributed by atoms with Gasteiger partial charge < -0.3 is 14.4 Å². The van der Waals surface area contributed by atoms with Crippen molar-refractivity contribution in [1.82, 2.24) is 9.29 Å². The van der Waals surface area contributed by atoms with Gasteiger partial charge in [0.25, 0.3) is 0 Å². The van der Waals surface area contributed by atoms with Gasteiger partial charge in [-0.15, -0.1) is 11.3 Å². The lowest BCUT2D eigenvalue weighted by molar-refractivity contribution is -0.0720. The zero-order valence-electron chi connectivity index (χ0n) is 28.8. The minimum Gasteiger partial charge on any atom is -0.422 e. The third-order valence-corrected chi connectivity index (χ3v) is 21.2. The van der Waals surface area contributed by atoms with Crippen LogP contribution in [0.4, 0.5) is 4.79 Å². The second-order valence-corrected chi connectivity index (χ2v) is 23.6. The molecule has 5 rings (SSSR count). The van der Waals surface area contributed by atoms with Gasteiger partial charge in [-0.1, -0.05) is 99.6 Å². The van der Waals surface area contributed by atoms with Gasteiger partial charge in [-0.25, -0.2) is 30.8 Å². The molecule has 3 atom stereocenters. The van der Waals surface area contributed by atoms with Gasteiger partial charge in [0, 0.05) is 19.0 Å². The Bertz CT molecular complexity index is 2010. The van der Waals surface area contributed by atoms with E-state index < -0.39 is 62.8 Å². The molecule has 4 aromatic rings. The van der Waals surface area contributed by atoms with Crippen LogP contribution >= 0.6 is 11.3 Å². The van der Waals surface area contributed by atoms with E-state index in [1.54, 1.807) is 44.2 Å². The highest BCUT2D eigenvalue weighted by atomic mass is 32.3. The average Bonchev–Trinajstić information content (AvgIpc) is 3.55. The summed E-state index contributed by atoms with van der Waals surface area (Å²) in [7, 11) is -11.6. The molecule has 0 saturated carbocycles. The largest absolute Gasteiger partial charge is 0.422 e. The Hall–Kier alpha value is -3.82. The number of sulfone groups is 1. The molecule has 1 aliphatic rings. The van der Waals surface area contributed by atoms with E-state index in [1.807, 2.05) is 81.4 Å². The molecule has 1 unspecified atom stereocenters. The monoisotopic (exact) mass is 754 g/mol. The highest BCUT2D eigenvalue weighted by Gasteiger charge is 2.52. The molecular formula is C36H42N2O8S3Si. The summed E-state index contributed by atoms with van der Waals surface area (Å²) >= 11 is 0.694. The van der Waals surface area contributed by atoms with E-state index in [9.17, 15) is 26.4 Å². The lowest BCUT2D eigenvalue weighted by Crippen LogP contribution is -2.74. The molecule has 0 bridgehead atoms. The lowest BCUT2D eigenvalue weighted by Gasteiger charge is -2.43. The highest BCUT2D eigenvalue weighted by molar-refractivity contribution is 7.96. The fourth-order valence-corrected chi connectivity index (χ4v) is 18.8. The van der Waals surface area contributed by atoms with Gasteiger partial charge in [0.1, 0.15) is 8.42 Å². The molecule has 0 spiro atoms. The van der Waals surface area contributed by atoms with Crippen molar-refractivity contribution in [2.24, 2.45) is 0 Å². The predicted octanol–water partition coefficient (Wildman–Crippen LogP) is 5.85. The van der Waals surface area contributed by atoms with Crippen LogP contribution in [0, 0.1) is 0 Å². The second kappa shape index (κ2) is 14.4. The molecule has 50 heavy (non-hydrogen) atoms. The fraction of sp³-hybridized carbons (Fsp3) is 0.333. The van der Waals surface area contributed by atoms with E-state index in [4.69, 9.17) is 9.47 Å². The maximum atomic E-state index is 14.6. The maximum Gasteiger partial charge on any atom is 0.413 e. The Kier molecular flexibility index (Phi) is 10.8. The topological polar surface area (TPSA) is 136 Å². The van der Waals surface area contributed by atoms with Gasteiger partial charge in [0.15, 0.2) is 9.84 Å². The molecule has 10 nitrogen and oxygen atoms in total. The number of nitrogens with one attached hydrogen (secondary N) is 1. The zero-order valence-corrected chi connectivity index (χ0v) is 32.3. The number of amides is 1. The molecule has 14 heteroatoms. The van der Waals surface area contributed by atoms with Crippen LogP contribution < -0.4 is 14.8 Å². The van der Waals surface area contributed by atoms with Gasteiger partial charge in [-0.05, 0) is 53.9 Å². The summed E-state index contributed by atoms with van der Waals surface area (Å²) in [6.07, 6.45) is -2.05. The molecule has 266 valence electrons. The van der Waals surface area contributed by atoms with Gasteiger partial charge in [0.05, 0.1) is 16.9 Å². The summed E-state index contributed by atoms with van der Waals surface area (Å²) in [5.74, 6) is -0.672. The predicted molar refractivity (Wildman–Crippen MR) is 196 cm³/mol. The summed E-state index contributed by atoms with van der Waals surface area (Å²) in [4.78, 5) is 27.4. The van der Waals surface area contributed by atoms with Crippen molar-refractivity contribution in [3.63, 3.8) is 0 Å². The number of hydrogen-bond acceptors (Lipinski definition) is 9. The Morgan fingerprint density at radius 1 is 0.940 bits per heavy atom. The van der Waals surface area contributed by atoms with Crippen LogP contribution in [0.1, 0.15) is 69.9 Å². The Balaban J connectivity index is 1.52. The third kappa shape index (κ3) is 7.17. The van der Waals surface area contributed by atoms with E-state index in [1.165, 1.54) is 17.9 Å². The number of hydrogen-bond donors (Lipinski definition) is 1. The van der Waals surface area contributed by atoms with Gasteiger partial charge in [-0.2, -0.15) is 0 Å². The number of rotatable bonds is 10. The van der Waals surface area contributed by atoms with Crippen LogP contribution in [-0.2, 0) is 29.3 Å². The number of carbonyl (C=O) groups excluding carboxylic acids is 2. The minimum absolute atomic E-state index is 0.0226. The second-order valence-electron chi connectivity index (χ2n) is 13.3. The third-order valence-electron chi connectivity index (χ3n) is 9.00. The molecule has 1 aromatic heterocycles. The first-order chi connectivity index (χ1) is 23.5. The summed E-state index contributed by atoms with van der Waals surface area (Å²) < 4.78 is 70.3. The number of thiophene rings is 1. The van der Waals surface area contributed by atoms with Crippen LogP contribution in [0.15, 0.2) is 105 Å². The smallest absolute Gasteiger partial charge is 0.413 e. The first kappa shape index (κ1) is 37.4. The molecule has 0 aliphatic carbocycles. The SMILES string of the molecule is CCN(C(=O)OC(C)OC(=O)c1ccccc1)[C@H]1C[C@H](C)S(=O)(=O)c2sc(S(=O)(=O)N[Si](c3ccccc3)(c3ccccc3)C(C)(C)C)cc21. The van der Waals surface area contributed by atoms with Crippen molar-refractivity contribution in [3.05, 3.63) is 108 Å². The Morgan fingerprint density at radius 3 is 1.96 bits per heavy atom. The van der Waals surface area contributed by atoms with Crippen molar-refractivity contribution in [1.29, 1.82) is 0 Å². The normalized spacial score (nSPS) is 18.0. The number of sulfonamides is 1. The molecular weight excluding hydrogens is 713 g/mol. The van der Waals surface area contributed by atoms with Crippen molar-refractivity contribution >= 4 is 61.9 Å². The van der Waals surface area contributed by atoms with Crippen molar-refractivity contribution in [2.75, 3.05) is 6.54 Å². The number of ether oxygens (including phenoxy) is 2. The Labute approximate surface area is 299 Å². The summed E-state index contributed by atoms with van der Waals surface area (Å²) in [5.41, 5.74) is 0.501. The maximum absolute atomic E-state index is 14.6. The zero-order chi connectivity index (χ0) is 36.5. The quantitative estimate of drug-likeness (QED) is 0.121. The van der Waals surface area contributed by atoms with Crippen molar-refractivity contribution in [2.45, 2.75) is 79.0 Å². The summed E-state index contributed by atoms with van der Waals surface area (Å²) in [6, 6.07) is 27.8. The van der Waals surface area contributed by atoms with Crippen LogP contribution in [-0.4, -0.2) is 60.1 Å².